The second kappa shape index (κ2) is 9.03. The predicted octanol–water partition coefficient (Wildman–Crippen LogP) is 5.13. The Morgan fingerprint density at radius 3 is 2.52 bits per heavy atom. The summed E-state index contributed by atoms with van der Waals surface area (Å²) in [6.45, 7) is 5.53. The van der Waals surface area contributed by atoms with Crippen LogP contribution in [0, 0.1) is 20.8 Å². The van der Waals surface area contributed by atoms with Crippen LogP contribution < -0.4 is 10.1 Å². The molecule has 172 valence electrons. The van der Waals surface area contributed by atoms with E-state index < -0.39 is 15.9 Å². The first-order chi connectivity index (χ1) is 15.7. The van der Waals surface area contributed by atoms with Crippen molar-refractivity contribution in [1.82, 2.24) is 4.83 Å². The summed E-state index contributed by atoms with van der Waals surface area (Å²) < 4.78 is 31.2. The summed E-state index contributed by atoms with van der Waals surface area (Å²) in [6, 6.07) is 11.8. The van der Waals surface area contributed by atoms with Gasteiger partial charge in [-0.1, -0.05) is 35.4 Å². The maximum Gasteiger partial charge on any atom is 0.291 e. The van der Waals surface area contributed by atoms with E-state index in [4.69, 9.17) is 16.0 Å². The van der Waals surface area contributed by atoms with E-state index in [9.17, 15) is 13.2 Å². The van der Waals surface area contributed by atoms with Gasteiger partial charge in [0.2, 0.25) is 0 Å². The van der Waals surface area contributed by atoms with Gasteiger partial charge >= 0.3 is 0 Å². The number of sulfonamides is 1. The van der Waals surface area contributed by atoms with Gasteiger partial charge < -0.3 is 9.73 Å². The van der Waals surface area contributed by atoms with Crippen molar-refractivity contribution in [2.75, 3.05) is 5.32 Å². The van der Waals surface area contributed by atoms with Crippen molar-refractivity contribution in [2.24, 2.45) is 5.10 Å². The molecule has 0 atom stereocenters. The molecular formula is C24H24ClN3O4S. The van der Waals surface area contributed by atoms with E-state index >= 15 is 0 Å². The first-order valence-electron chi connectivity index (χ1n) is 10.5. The maximum atomic E-state index is 13.0. The van der Waals surface area contributed by atoms with Gasteiger partial charge in [-0.25, -0.2) is 0 Å². The van der Waals surface area contributed by atoms with Gasteiger partial charge in [0.05, 0.1) is 10.6 Å². The Balaban J connectivity index is 1.61. The summed E-state index contributed by atoms with van der Waals surface area (Å²) in [5.41, 5.74) is 4.28. The molecule has 0 aliphatic heterocycles. The molecule has 3 aromatic rings. The molecule has 33 heavy (non-hydrogen) atoms. The Hall–Kier alpha value is -3.10. The van der Waals surface area contributed by atoms with E-state index in [0.29, 0.717) is 46.2 Å². The zero-order valence-electron chi connectivity index (χ0n) is 18.5. The lowest BCUT2D eigenvalue weighted by Gasteiger charge is -2.14. The number of carbonyl (C=O) groups is 1. The quantitative estimate of drug-likeness (QED) is 0.489. The predicted molar refractivity (Wildman–Crippen MR) is 129 cm³/mol. The molecule has 0 bridgehead atoms. The summed E-state index contributed by atoms with van der Waals surface area (Å²) in [4.78, 5) is 15.4. The van der Waals surface area contributed by atoms with Crippen molar-refractivity contribution in [3.05, 3.63) is 81.3 Å². The van der Waals surface area contributed by atoms with Gasteiger partial charge in [-0.05, 0) is 63.4 Å². The average molecular weight is 486 g/mol. The van der Waals surface area contributed by atoms with Gasteiger partial charge in [-0.15, -0.1) is 0 Å². The minimum absolute atomic E-state index is 0.134. The minimum Gasteiger partial charge on any atom is -0.455 e. The van der Waals surface area contributed by atoms with Crippen LogP contribution >= 0.6 is 11.6 Å². The smallest absolute Gasteiger partial charge is 0.291 e. The average Bonchev–Trinajstić information content (AvgIpc) is 3.12. The molecule has 1 heterocycles. The standard InChI is InChI=1S/C24H24ClN3O4S/c1-14-7-11-18(12-8-14)33(30,31)28-27-19-5-4-6-21-22(19)16(3)23(32-21)24(29)26-20-13-17(25)10-9-15(20)2/h7-13,28H,4-6H2,1-3H3,(H,26,29)/b27-19+. The summed E-state index contributed by atoms with van der Waals surface area (Å²) in [5.74, 6) is 0.405. The Labute approximate surface area is 197 Å². The van der Waals surface area contributed by atoms with Crippen LogP contribution in [0.3, 0.4) is 0 Å². The fourth-order valence-electron chi connectivity index (χ4n) is 3.79. The Bertz CT molecular complexity index is 1360. The van der Waals surface area contributed by atoms with E-state index in [2.05, 4.69) is 15.2 Å². The number of aryl methyl sites for hydroxylation is 3. The lowest BCUT2D eigenvalue weighted by atomic mass is 9.93. The molecular weight excluding hydrogens is 462 g/mol. The Morgan fingerprint density at radius 1 is 1.06 bits per heavy atom. The van der Waals surface area contributed by atoms with Crippen molar-refractivity contribution in [3.63, 3.8) is 0 Å². The third-order valence-corrected chi connectivity index (χ3v) is 7.07. The molecule has 1 aromatic heterocycles. The summed E-state index contributed by atoms with van der Waals surface area (Å²) in [5, 5.41) is 7.57. The maximum absolute atomic E-state index is 13.0. The third-order valence-electron chi connectivity index (χ3n) is 5.61. The number of hydrogen-bond donors (Lipinski definition) is 2. The molecule has 0 radical (unpaired) electrons. The molecule has 0 spiro atoms. The lowest BCUT2D eigenvalue weighted by Crippen LogP contribution is -2.22. The number of anilines is 1. The van der Waals surface area contributed by atoms with Crippen LogP contribution in [0.25, 0.3) is 0 Å². The van der Waals surface area contributed by atoms with Crippen molar-refractivity contribution in [2.45, 2.75) is 44.9 Å². The van der Waals surface area contributed by atoms with Crippen LogP contribution in [-0.4, -0.2) is 20.0 Å². The van der Waals surface area contributed by atoms with E-state index in [1.807, 2.05) is 19.9 Å². The molecule has 1 amide bonds. The molecule has 2 N–H and O–H groups in total. The van der Waals surface area contributed by atoms with Crippen LogP contribution in [-0.2, 0) is 16.4 Å². The molecule has 9 heteroatoms. The minimum atomic E-state index is -3.81. The number of halogens is 1. The second-order valence-electron chi connectivity index (χ2n) is 8.09. The summed E-state index contributed by atoms with van der Waals surface area (Å²) in [7, 11) is -3.81. The van der Waals surface area contributed by atoms with Crippen molar-refractivity contribution in [1.29, 1.82) is 0 Å². The Morgan fingerprint density at radius 2 is 1.79 bits per heavy atom. The van der Waals surface area contributed by atoms with Crippen molar-refractivity contribution in [3.8, 4) is 0 Å². The normalized spacial score (nSPS) is 14.7. The fourth-order valence-corrected chi connectivity index (χ4v) is 4.79. The first-order valence-corrected chi connectivity index (χ1v) is 12.4. The van der Waals surface area contributed by atoms with Crippen LogP contribution in [0.4, 0.5) is 5.69 Å². The zero-order valence-corrected chi connectivity index (χ0v) is 20.1. The number of nitrogens with zero attached hydrogens (tertiary/aromatic N) is 1. The van der Waals surface area contributed by atoms with Crippen LogP contribution in [0.15, 0.2) is 56.9 Å². The number of furan rings is 1. The number of hydrogen-bond acceptors (Lipinski definition) is 5. The topological polar surface area (TPSA) is 101 Å². The fraction of sp³-hybridized carbons (Fsp3) is 0.250. The number of carbonyl (C=O) groups excluding carboxylic acids is 1. The molecule has 4 rings (SSSR count). The van der Waals surface area contributed by atoms with Crippen molar-refractivity contribution >= 4 is 38.9 Å². The van der Waals surface area contributed by atoms with Gasteiger partial charge in [0, 0.05) is 28.3 Å². The highest BCUT2D eigenvalue weighted by Gasteiger charge is 2.28. The number of rotatable bonds is 5. The molecule has 1 aliphatic carbocycles. The van der Waals surface area contributed by atoms with Gasteiger partial charge in [-0.3, -0.25) is 4.79 Å². The second-order valence-corrected chi connectivity index (χ2v) is 10.2. The van der Waals surface area contributed by atoms with E-state index in [1.54, 1.807) is 31.2 Å². The zero-order chi connectivity index (χ0) is 23.8. The van der Waals surface area contributed by atoms with E-state index in [-0.39, 0.29) is 10.7 Å². The monoisotopic (exact) mass is 485 g/mol. The lowest BCUT2D eigenvalue weighted by molar-refractivity contribution is 0.0994. The largest absolute Gasteiger partial charge is 0.455 e. The molecule has 0 fully saturated rings. The summed E-state index contributed by atoms with van der Waals surface area (Å²) >= 11 is 6.06. The highest BCUT2D eigenvalue weighted by Crippen LogP contribution is 2.31. The number of nitrogens with one attached hydrogen (secondary N) is 2. The molecule has 0 saturated carbocycles. The first kappa shape index (κ1) is 23.1. The van der Waals surface area contributed by atoms with Crippen LogP contribution in [0.5, 0.6) is 0 Å². The highest BCUT2D eigenvalue weighted by atomic mass is 35.5. The van der Waals surface area contributed by atoms with Gasteiger partial charge in [0.15, 0.2) is 5.76 Å². The molecule has 1 aliphatic rings. The number of hydrazone groups is 1. The van der Waals surface area contributed by atoms with Gasteiger partial charge in [0.1, 0.15) is 5.76 Å². The van der Waals surface area contributed by atoms with Crippen LogP contribution in [0.2, 0.25) is 5.02 Å². The van der Waals surface area contributed by atoms with Crippen LogP contribution in [0.1, 0.15) is 51.4 Å². The molecule has 2 aromatic carbocycles. The van der Waals surface area contributed by atoms with E-state index in [0.717, 1.165) is 17.5 Å². The number of fused-ring (bicyclic) bond motifs is 1. The van der Waals surface area contributed by atoms with Crippen molar-refractivity contribution < 1.29 is 17.6 Å². The highest BCUT2D eigenvalue weighted by molar-refractivity contribution is 7.89. The van der Waals surface area contributed by atoms with Gasteiger partial charge in [0.25, 0.3) is 15.9 Å². The van der Waals surface area contributed by atoms with E-state index in [1.165, 1.54) is 12.1 Å². The third kappa shape index (κ3) is 4.82. The Kier molecular flexibility index (Phi) is 6.32. The number of benzene rings is 2. The molecule has 0 unspecified atom stereocenters. The summed E-state index contributed by atoms with van der Waals surface area (Å²) in [6.07, 6.45) is 1.95. The SMILES string of the molecule is Cc1ccc(S(=O)(=O)N/N=C2\CCCc3oc(C(=O)Nc4cc(Cl)ccc4C)c(C)c32)cc1. The molecule has 0 saturated heterocycles. The molecule has 7 nitrogen and oxygen atoms in total. The van der Waals surface area contributed by atoms with Gasteiger partial charge in [-0.2, -0.15) is 18.4 Å². The number of amides is 1.